The lowest BCUT2D eigenvalue weighted by atomic mass is 9.94. The SMILES string of the molecule is Cc1ccc(C(NN)c2cccc(Br)c2Cl)c(C)c1. The minimum Gasteiger partial charge on any atom is -0.271 e. The molecule has 0 heterocycles. The van der Waals surface area contributed by atoms with E-state index in [1.54, 1.807) is 0 Å². The maximum atomic E-state index is 6.36. The summed E-state index contributed by atoms with van der Waals surface area (Å²) in [4.78, 5) is 0. The summed E-state index contributed by atoms with van der Waals surface area (Å²) >= 11 is 9.80. The number of aryl methyl sites for hydroxylation is 2. The third-order valence-corrected chi connectivity index (χ3v) is 4.51. The van der Waals surface area contributed by atoms with Crippen LogP contribution in [0.1, 0.15) is 28.3 Å². The molecule has 0 saturated carbocycles. The summed E-state index contributed by atoms with van der Waals surface area (Å²) in [6.45, 7) is 4.16. The topological polar surface area (TPSA) is 38.0 Å². The van der Waals surface area contributed by atoms with Crippen LogP contribution in [0.2, 0.25) is 5.02 Å². The number of hydrazine groups is 1. The highest BCUT2D eigenvalue weighted by Gasteiger charge is 2.18. The van der Waals surface area contributed by atoms with Gasteiger partial charge in [0, 0.05) is 4.47 Å². The molecule has 3 N–H and O–H groups in total. The molecule has 0 aliphatic heterocycles. The van der Waals surface area contributed by atoms with Crippen molar-refractivity contribution < 1.29 is 0 Å². The van der Waals surface area contributed by atoms with E-state index in [0.717, 1.165) is 15.6 Å². The minimum atomic E-state index is -0.120. The number of nitrogens with two attached hydrogens (primary N) is 1. The second kappa shape index (κ2) is 6.06. The van der Waals surface area contributed by atoms with Gasteiger partial charge >= 0.3 is 0 Å². The third kappa shape index (κ3) is 3.00. The lowest BCUT2D eigenvalue weighted by Gasteiger charge is -2.21. The van der Waals surface area contributed by atoms with Crippen LogP contribution in [0.15, 0.2) is 40.9 Å². The average Bonchev–Trinajstić information content (AvgIpc) is 2.37. The molecule has 0 fully saturated rings. The van der Waals surface area contributed by atoms with Gasteiger partial charge in [0.25, 0.3) is 0 Å². The Labute approximate surface area is 127 Å². The molecule has 0 aliphatic rings. The fraction of sp³-hybridized carbons (Fsp3) is 0.200. The van der Waals surface area contributed by atoms with Gasteiger partial charge in [-0.3, -0.25) is 5.84 Å². The monoisotopic (exact) mass is 338 g/mol. The van der Waals surface area contributed by atoms with Gasteiger partial charge in [-0.2, -0.15) is 0 Å². The van der Waals surface area contributed by atoms with Crippen LogP contribution in [0.4, 0.5) is 0 Å². The smallest absolute Gasteiger partial charge is 0.0727 e. The van der Waals surface area contributed by atoms with Crippen LogP contribution in [-0.4, -0.2) is 0 Å². The Kier molecular flexibility index (Phi) is 4.63. The van der Waals surface area contributed by atoms with E-state index in [0.29, 0.717) is 5.02 Å². The molecule has 0 bridgehead atoms. The molecule has 19 heavy (non-hydrogen) atoms. The first-order valence-electron chi connectivity index (χ1n) is 6.01. The maximum Gasteiger partial charge on any atom is 0.0727 e. The fourth-order valence-electron chi connectivity index (χ4n) is 2.24. The van der Waals surface area contributed by atoms with Crippen LogP contribution in [0, 0.1) is 13.8 Å². The molecular formula is C15H16BrClN2. The van der Waals surface area contributed by atoms with Gasteiger partial charge in [-0.1, -0.05) is 47.5 Å². The van der Waals surface area contributed by atoms with Gasteiger partial charge in [0.15, 0.2) is 0 Å². The summed E-state index contributed by atoms with van der Waals surface area (Å²) < 4.78 is 0.872. The van der Waals surface area contributed by atoms with E-state index >= 15 is 0 Å². The Morgan fingerprint density at radius 2 is 1.89 bits per heavy atom. The van der Waals surface area contributed by atoms with Gasteiger partial charge in [-0.15, -0.1) is 0 Å². The van der Waals surface area contributed by atoms with E-state index in [1.165, 1.54) is 11.1 Å². The van der Waals surface area contributed by atoms with Crippen molar-refractivity contribution in [2.24, 2.45) is 5.84 Å². The molecule has 0 spiro atoms. The van der Waals surface area contributed by atoms with E-state index in [4.69, 9.17) is 17.4 Å². The van der Waals surface area contributed by atoms with Crippen molar-refractivity contribution in [3.05, 3.63) is 68.1 Å². The van der Waals surface area contributed by atoms with Crippen LogP contribution in [0.3, 0.4) is 0 Å². The van der Waals surface area contributed by atoms with Gasteiger partial charge in [-0.25, -0.2) is 5.43 Å². The minimum absolute atomic E-state index is 0.120. The van der Waals surface area contributed by atoms with Crippen molar-refractivity contribution in [2.45, 2.75) is 19.9 Å². The molecule has 0 radical (unpaired) electrons. The van der Waals surface area contributed by atoms with Crippen LogP contribution >= 0.6 is 27.5 Å². The number of benzene rings is 2. The zero-order chi connectivity index (χ0) is 14.0. The van der Waals surface area contributed by atoms with Crippen LogP contribution in [0.25, 0.3) is 0 Å². The van der Waals surface area contributed by atoms with Crippen LogP contribution in [0.5, 0.6) is 0 Å². The Morgan fingerprint density at radius 1 is 1.16 bits per heavy atom. The molecule has 100 valence electrons. The van der Waals surface area contributed by atoms with Crippen molar-refractivity contribution in [1.82, 2.24) is 5.43 Å². The highest BCUT2D eigenvalue weighted by atomic mass is 79.9. The van der Waals surface area contributed by atoms with Crippen molar-refractivity contribution in [2.75, 3.05) is 0 Å². The molecular weight excluding hydrogens is 324 g/mol. The molecule has 2 rings (SSSR count). The summed E-state index contributed by atoms with van der Waals surface area (Å²) in [6, 6.07) is 12.1. The lowest BCUT2D eigenvalue weighted by Crippen LogP contribution is -2.29. The van der Waals surface area contributed by atoms with Crippen molar-refractivity contribution in [3.8, 4) is 0 Å². The summed E-state index contributed by atoms with van der Waals surface area (Å²) in [5.74, 6) is 5.74. The molecule has 2 aromatic carbocycles. The highest BCUT2D eigenvalue weighted by Crippen LogP contribution is 2.34. The zero-order valence-corrected chi connectivity index (χ0v) is 13.2. The van der Waals surface area contributed by atoms with E-state index in [2.05, 4.69) is 53.4 Å². The number of nitrogens with one attached hydrogen (secondary N) is 1. The maximum absolute atomic E-state index is 6.36. The molecule has 2 aromatic rings. The molecule has 0 saturated heterocycles. The Balaban J connectivity index is 2.53. The van der Waals surface area contributed by atoms with Crippen LogP contribution < -0.4 is 11.3 Å². The van der Waals surface area contributed by atoms with E-state index in [9.17, 15) is 0 Å². The number of halogens is 2. The Morgan fingerprint density at radius 3 is 2.53 bits per heavy atom. The summed E-state index contributed by atoms with van der Waals surface area (Å²) in [6.07, 6.45) is 0. The highest BCUT2D eigenvalue weighted by molar-refractivity contribution is 9.10. The Hall–Kier alpha value is -0.870. The van der Waals surface area contributed by atoms with Crippen molar-refractivity contribution in [1.29, 1.82) is 0 Å². The molecule has 1 unspecified atom stereocenters. The largest absolute Gasteiger partial charge is 0.271 e. The zero-order valence-electron chi connectivity index (χ0n) is 10.9. The summed E-state index contributed by atoms with van der Waals surface area (Å²) in [7, 11) is 0. The number of rotatable bonds is 3. The average molecular weight is 340 g/mol. The predicted octanol–water partition coefficient (Wildman–Crippen LogP) is 4.27. The molecule has 0 aromatic heterocycles. The first kappa shape index (κ1) is 14.5. The summed E-state index contributed by atoms with van der Waals surface area (Å²) in [5.41, 5.74) is 7.38. The number of hydrogen-bond acceptors (Lipinski definition) is 2. The van der Waals surface area contributed by atoms with Crippen LogP contribution in [-0.2, 0) is 0 Å². The molecule has 0 aliphatic carbocycles. The first-order chi connectivity index (χ1) is 9.04. The quantitative estimate of drug-likeness (QED) is 0.647. The van der Waals surface area contributed by atoms with E-state index in [1.807, 2.05) is 18.2 Å². The van der Waals surface area contributed by atoms with Gasteiger partial charge < -0.3 is 0 Å². The van der Waals surface area contributed by atoms with Gasteiger partial charge in [0.2, 0.25) is 0 Å². The van der Waals surface area contributed by atoms with E-state index in [-0.39, 0.29) is 6.04 Å². The molecule has 2 nitrogen and oxygen atoms in total. The lowest BCUT2D eigenvalue weighted by molar-refractivity contribution is 0.633. The molecule has 4 heteroatoms. The molecule has 1 atom stereocenters. The first-order valence-corrected chi connectivity index (χ1v) is 7.19. The standard InChI is InChI=1S/C15H16BrClN2/c1-9-6-7-11(10(2)8-9)15(19-18)12-4-3-5-13(16)14(12)17/h3-8,15,19H,18H2,1-2H3. The van der Waals surface area contributed by atoms with Gasteiger partial charge in [-0.05, 0) is 52.5 Å². The van der Waals surface area contributed by atoms with Gasteiger partial charge in [0.1, 0.15) is 0 Å². The van der Waals surface area contributed by atoms with Crippen molar-refractivity contribution >= 4 is 27.5 Å². The normalized spacial score (nSPS) is 12.5. The number of hydrogen-bond donors (Lipinski definition) is 2. The second-order valence-corrected chi connectivity index (χ2v) is 5.84. The van der Waals surface area contributed by atoms with Crippen molar-refractivity contribution in [3.63, 3.8) is 0 Å². The third-order valence-electron chi connectivity index (χ3n) is 3.20. The van der Waals surface area contributed by atoms with E-state index < -0.39 is 0 Å². The summed E-state index contributed by atoms with van der Waals surface area (Å²) in [5, 5.41) is 0.686. The Bertz CT molecular complexity index is 599. The fourth-order valence-corrected chi connectivity index (χ4v) is 2.86. The predicted molar refractivity (Wildman–Crippen MR) is 84.2 cm³/mol. The van der Waals surface area contributed by atoms with Gasteiger partial charge in [0.05, 0.1) is 11.1 Å². The molecule has 0 amide bonds. The second-order valence-electron chi connectivity index (χ2n) is 4.60.